The summed E-state index contributed by atoms with van der Waals surface area (Å²) in [5.74, 6) is 2.47. The number of pyridine rings is 1. The SMILES string of the molecule is CCCc1cc(Oc2ccc3c4ccccc4n(-c4cc(C(C)(C)C)ccn4)c3c2)cc(-n2cc(-c3c(C)cccc3C)cn2)c1. The van der Waals surface area contributed by atoms with Gasteiger partial charge in [-0.15, -0.1) is 0 Å². The lowest BCUT2D eigenvalue weighted by atomic mass is 9.88. The number of aryl methyl sites for hydroxylation is 3. The molecule has 0 atom stereocenters. The number of aromatic nitrogens is 4. The van der Waals surface area contributed by atoms with Gasteiger partial charge in [-0.3, -0.25) is 4.57 Å². The molecule has 0 saturated heterocycles. The van der Waals surface area contributed by atoms with Crippen LogP contribution in [-0.4, -0.2) is 19.3 Å². The zero-order chi connectivity index (χ0) is 32.0. The summed E-state index contributed by atoms with van der Waals surface area (Å²) < 4.78 is 10.9. The van der Waals surface area contributed by atoms with E-state index in [1.807, 2.05) is 17.1 Å². The van der Waals surface area contributed by atoms with Crippen molar-refractivity contribution in [2.75, 3.05) is 0 Å². The maximum absolute atomic E-state index is 6.66. The topological polar surface area (TPSA) is 44.9 Å². The Morgan fingerprint density at radius 1 is 0.761 bits per heavy atom. The summed E-state index contributed by atoms with van der Waals surface area (Å²) in [6, 6.07) is 32.1. The second-order valence-corrected chi connectivity index (χ2v) is 13.3. The summed E-state index contributed by atoms with van der Waals surface area (Å²) in [6.45, 7) is 13.2. The number of ether oxygens (including phenoxy) is 1. The summed E-state index contributed by atoms with van der Waals surface area (Å²) in [4.78, 5) is 4.83. The minimum absolute atomic E-state index is 0.0139. The monoisotopic (exact) mass is 604 g/mol. The average molecular weight is 605 g/mol. The van der Waals surface area contributed by atoms with E-state index in [-0.39, 0.29) is 5.41 Å². The molecule has 0 radical (unpaired) electrons. The zero-order valence-corrected chi connectivity index (χ0v) is 27.5. The van der Waals surface area contributed by atoms with Crippen LogP contribution in [0.2, 0.25) is 0 Å². The van der Waals surface area contributed by atoms with E-state index in [0.717, 1.165) is 52.4 Å². The van der Waals surface area contributed by atoms with Gasteiger partial charge in [0.05, 0.1) is 22.9 Å². The van der Waals surface area contributed by atoms with Gasteiger partial charge in [-0.1, -0.05) is 70.5 Å². The summed E-state index contributed by atoms with van der Waals surface area (Å²) >= 11 is 0. The molecular weight excluding hydrogens is 564 g/mol. The van der Waals surface area contributed by atoms with Crippen molar-refractivity contribution in [2.45, 2.75) is 59.8 Å². The molecule has 0 amide bonds. The molecule has 3 heterocycles. The number of hydrogen-bond acceptors (Lipinski definition) is 3. The van der Waals surface area contributed by atoms with Gasteiger partial charge in [0, 0.05) is 40.9 Å². The Labute approximate surface area is 271 Å². The van der Waals surface area contributed by atoms with Gasteiger partial charge < -0.3 is 4.74 Å². The lowest BCUT2D eigenvalue weighted by Gasteiger charge is -2.20. The highest BCUT2D eigenvalue weighted by atomic mass is 16.5. The number of rotatable bonds is 7. The summed E-state index contributed by atoms with van der Waals surface area (Å²) in [6.07, 6.45) is 7.99. The predicted octanol–water partition coefficient (Wildman–Crippen LogP) is 10.7. The van der Waals surface area contributed by atoms with Gasteiger partial charge in [0.2, 0.25) is 0 Å². The van der Waals surface area contributed by atoms with Gasteiger partial charge >= 0.3 is 0 Å². The molecule has 0 fully saturated rings. The van der Waals surface area contributed by atoms with Crippen LogP contribution in [-0.2, 0) is 11.8 Å². The first-order chi connectivity index (χ1) is 22.2. The van der Waals surface area contributed by atoms with E-state index >= 15 is 0 Å². The maximum atomic E-state index is 6.66. The van der Waals surface area contributed by atoms with E-state index in [0.29, 0.717) is 0 Å². The molecule has 0 aliphatic heterocycles. The third kappa shape index (κ3) is 5.47. The van der Waals surface area contributed by atoms with Crippen molar-refractivity contribution in [1.82, 2.24) is 19.3 Å². The Morgan fingerprint density at radius 2 is 1.54 bits per heavy atom. The van der Waals surface area contributed by atoms with Crippen molar-refractivity contribution < 1.29 is 4.74 Å². The van der Waals surface area contributed by atoms with Crippen LogP contribution >= 0.6 is 0 Å². The molecule has 0 spiro atoms. The Hall–Kier alpha value is -5.16. The van der Waals surface area contributed by atoms with Crippen LogP contribution in [0.25, 0.3) is 44.4 Å². The highest BCUT2D eigenvalue weighted by Crippen LogP contribution is 2.36. The van der Waals surface area contributed by atoms with E-state index in [1.165, 1.54) is 38.6 Å². The minimum Gasteiger partial charge on any atom is -0.457 e. The van der Waals surface area contributed by atoms with Gasteiger partial charge in [-0.25, -0.2) is 9.67 Å². The molecule has 5 heteroatoms. The van der Waals surface area contributed by atoms with Crippen LogP contribution in [0.5, 0.6) is 11.5 Å². The molecule has 0 bridgehead atoms. The van der Waals surface area contributed by atoms with Gasteiger partial charge in [0.25, 0.3) is 0 Å². The van der Waals surface area contributed by atoms with Crippen LogP contribution < -0.4 is 4.74 Å². The van der Waals surface area contributed by atoms with E-state index in [2.05, 4.69) is 143 Å². The summed E-state index contributed by atoms with van der Waals surface area (Å²) in [7, 11) is 0. The molecule has 0 aliphatic carbocycles. The van der Waals surface area contributed by atoms with Gasteiger partial charge in [0.1, 0.15) is 17.3 Å². The van der Waals surface area contributed by atoms with Crippen LogP contribution in [0.3, 0.4) is 0 Å². The van der Waals surface area contributed by atoms with Crippen molar-refractivity contribution in [3.05, 3.63) is 132 Å². The number of para-hydroxylation sites is 1. The van der Waals surface area contributed by atoms with Crippen molar-refractivity contribution in [2.24, 2.45) is 0 Å². The molecular formula is C41H40N4O. The standard InChI is InChI=1S/C41H40N4O/c1-7-11-29-20-32(44-26-30(25-43-44)40-27(2)12-10-13-28(40)3)23-34(21-29)46-33-16-17-36-35-14-8-9-15-37(35)45(38(36)24-33)39-22-31(18-19-42-39)41(4,5)6/h8-10,12-26H,7,11H2,1-6H3. The first-order valence-electron chi connectivity index (χ1n) is 16.1. The smallest absolute Gasteiger partial charge is 0.137 e. The largest absolute Gasteiger partial charge is 0.457 e. The number of fused-ring (bicyclic) bond motifs is 3. The first-order valence-corrected chi connectivity index (χ1v) is 16.1. The van der Waals surface area contributed by atoms with Crippen LogP contribution in [0.4, 0.5) is 0 Å². The normalized spacial score (nSPS) is 11.9. The maximum Gasteiger partial charge on any atom is 0.137 e. The van der Waals surface area contributed by atoms with Gasteiger partial charge in [0.15, 0.2) is 0 Å². The van der Waals surface area contributed by atoms with Crippen molar-refractivity contribution >= 4 is 21.8 Å². The number of nitrogens with zero attached hydrogens (tertiary/aromatic N) is 4. The summed E-state index contributed by atoms with van der Waals surface area (Å²) in [5.41, 5.74) is 10.5. The van der Waals surface area contributed by atoms with Crippen LogP contribution in [0, 0.1) is 13.8 Å². The predicted molar refractivity (Wildman–Crippen MR) is 190 cm³/mol. The Kier molecular flexibility index (Phi) is 7.48. The lowest BCUT2D eigenvalue weighted by Crippen LogP contribution is -2.12. The third-order valence-corrected chi connectivity index (χ3v) is 8.83. The molecule has 5 nitrogen and oxygen atoms in total. The van der Waals surface area contributed by atoms with Gasteiger partial charge in [-0.05, 0) is 96.0 Å². The molecule has 46 heavy (non-hydrogen) atoms. The van der Waals surface area contributed by atoms with Crippen LogP contribution in [0.15, 0.2) is 110 Å². The van der Waals surface area contributed by atoms with Crippen molar-refractivity contribution in [3.8, 4) is 34.1 Å². The van der Waals surface area contributed by atoms with E-state index in [1.54, 1.807) is 0 Å². The molecule has 3 aromatic heterocycles. The molecule has 0 aliphatic rings. The molecule has 7 aromatic rings. The second-order valence-electron chi connectivity index (χ2n) is 13.3. The number of hydrogen-bond donors (Lipinski definition) is 0. The third-order valence-electron chi connectivity index (χ3n) is 8.83. The highest BCUT2D eigenvalue weighted by Gasteiger charge is 2.18. The fourth-order valence-electron chi connectivity index (χ4n) is 6.53. The van der Waals surface area contributed by atoms with E-state index < -0.39 is 0 Å². The van der Waals surface area contributed by atoms with Crippen molar-refractivity contribution in [3.63, 3.8) is 0 Å². The Morgan fingerprint density at radius 3 is 2.33 bits per heavy atom. The van der Waals surface area contributed by atoms with Gasteiger partial charge in [-0.2, -0.15) is 5.10 Å². The fraction of sp³-hybridized carbons (Fsp3) is 0.220. The molecule has 4 aromatic carbocycles. The number of benzene rings is 4. The average Bonchev–Trinajstić information content (AvgIpc) is 3.64. The molecule has 0 unspecified atom stereocenters. The second kappa shape index (κ2) is 11.6. The molecule has 230 valence electrons. The highest BCUT2D eigenvalue weighted by molar-refractivity contribution is 6.09. The Balaban J connectivity index is 1.30. The molecule has 0 saturated carbocycles. The zero-order valence-electron chi connectivity index (χ0n) is 27.5. The van der Waals surface area contributed by atoms with E-state index in [4.69, 9.17) is 14.8 Å². The molecule has 7 rings (SSSR count). The van der Waals surface area contributed by atoms with E-state index in [9.17, 15) is 0 Å². The quantitative estimate of drug-likeness (QED) is 0.182. The fourth-order valence-corrected chi connectivity index (χ4v) is 6.53. The summed E-state index contributed by atoms with van der Waals surface area (Å²) in [5, 5.41) is 7.14. The lowest BCUT2D eigenvalue weighted by molar-refractivity contribution is 0.482. The van der Waals surface area contributed by atoms with Crippen LogP contribution in [0.1, 0.15) is 56.4 Å². The first kappa shape index (κ1) is 29.5. The van der Waals surface area contributed by atoms with Crippen molar-refractivity contribution in [1.29, 1.82) is 0 Å². The Bertz CT molecular complexity index is 2190. The molecule has 0 N–H and O–H groups in total. The minimum atomic E-state index is 0.0139.